The van der Waals surface area contributed by atoms with E-state index in [0.29, 0.717) is 6.04 Å². The first-order valence-electron chi connectivity index (χ1n) is 7.18. The maximum Gasteiger partial charge on any atom is 0.241 e. The average molecular weight is 258 g/mol. The number of carbonyl (C=O) groups excluding carboxylic acids is 1. The Morgan fingerprint density at radius 2 is 1.95 bits per heavy atom. The van der Waals surface area contributed by atoms with Gasteiger partial charge >= 0.3 is 0 Å². The highest BCUT2D eigenvalue weighted by atomic mass is 16.2. The van der Waals surface area contributed by atoms with Crippen molar-refractivity contribution in [3.8, 4) is 0 Å². The van der Waals surface area contributed by atoms with E-state index in [9.17, 15) is 4.79 Å². The van der Waals surface area contributed by atoms with Crippen LogP contribution in [0.4, 0.5) is 0 Å². The Hall–Kier alpha value is -1.35. The number of benzene rings is 1. The molecule has 1 saturated heterocycles. The summed E-state index contributed by atoms with van der Waals surface area (Å²) in [6.07, 6.45) is 2.01. The van der Waals surface area contributed by atoms with Crippen molar-refractivity contribution in [3.63, 3.8) is 0 Å². The van der Waals surface area contributed by atoms with Crippen molar-refractivity contribution in [2.75, 3.05) is 0 Å². The summed E-state index contributed by atoms with van der Waals surface area (Å²) in [6, 6.07) is 10.7. The van der Waals surface area contributed by atoms with E-state index < -0.39 is 0 Å². The zero-order chi connectivity index (χ0) is 13.6. The zero-order valence-electron chi connectivity index (χ0n) is 11.9. The van der Waals surface area contributed by atoms with E-state index in [0.717, 1.165) is 12.8 Å². The molecule has 0 aromatic heterocycles. The first-order valence-corrected chi connectivity index (χ1v) is 7.18. The lowest BCUT2D eigenvalue weighted by Crippen LogP contribution is -2.35. The predicted octanol–water partition coefficient (Wildman–Crippen LogP) is 2.69. The van der Waals surface area contributed by atoms with Crippen LogP contribution < -0.4 is 5.32 Å². The molecule has 1 heterocycles. The molecule has 1 amide bonds. The summed E-state index contributed by atoms with van der Waals surface area (Å²) in [6.45, 7) is 6.55. The van der Waals surface area contributed by atoms with E-state index in [1.54, 1.807) is 0 Å². The summed E-state index contributed by atoms with van der Waals surface area (Å²) in [7, 11) is 0. The predicted molar refractivity (Wildman–Crippen MR) is 75.4 cm³/mol. The Balaban J connectivity index is 1.91. The summed E-state index contributed by atoms with van der Waals surface area (Å²) in [4.78, 5) is 14.6. The van der Waals surface area contributed by atoms with Gasteiger partial charge in [-0.1, -0.05) is 51.1 Å². The standard InChI is InChI=1S/C16H22N2O/c1-4-12-15(19)18(13-10-16(13,2)3)14(17-12)11-8-6-5-7-9-11/h5-9,12-14,17H,4,10H2,1-3H3. The molecule has 3 rings (SSSR count). The maximum absolute atomic E-state index is 12.6. The van der Waals surface area contributed by atoms with Crippen LogP contribution >= 0.6 is 0 Å². The monoisotopic (exact) mass is 258 g/mol. The molecule has 102 valence electrons. The number of nitrogens with zero attached hydrogens (tertiary/aromatic N) is 1. The number of hydrogen-bond acceptors (Lipinski definition) is 2. The van der Waals surface area contributed by atoms with Crippen LogP contribution in [0.2, 0.25) is 0 Å². The van der Waals surface area contributed by atoms with Crippen LogP contribution in [0.1, 0.15) is 45.3 Å². The van der Waals surface area contributed by atoms with E-state index >= 15 is 0 Å². The molecule has 19 heavy (non-hydrogen) atoms. The SMILES string of the molecule is CCC1NC(c2ccccc2)N(C2CC2(C)C)C1=O. The molecular weight excluding hydrogens is 236 g/mol. The molecule has 0 radical (unpaired) electrons. The summed E-state index contributed by atoms with van der Waals surface area (Å²) >= 11 is 0. The summed E-state index contributed by atoms with van der Waals surface area (Å²) in [5.41, 5.74) is 1.46. The minimum atomic E-state index is -0.0263. The van der Waals surface area contributed by atoms with Crippen LogP contribution in [0.3, 0.4) is 0 Å². The van der Waals surface area contributed by atoms with Crippen LogP contribution in [0.5, 0.6) is 0 Å². The largest absolute Gasteiger partial charge is 0.318 e. The Morgan fingerprint density at radius 3 is 2.47 bits per heavy atom. The first kappa shape index (κ1) is 12.7. The third kappa shape index (κ3) is 2.06. The zero-order valence-corrected chi connectivity index (χ0v) is 11.9. The van der Waals surface area contributed by atoms with Crippen molar-refractivity contribution in [1.82, 2.24) is 10.2 Å². The molecule has 3 nitrogen and oxygen atoms in total. The lowest BCUT2D eigenvalue weighted by molar-refractivity contribution is -0.131. The van der Waals surface area contributed by atoms with Crippen LogP contribution in [-0.4, -0.2) is 22.9 Å². The van der Waals surface area contributed by atoms with Crippen molar-refractivity contribution in [2.24, 2.45) is 5.41 Å². The third-order valence-corrected chi connectivity index (χ3v) is 4.51. The second-order valence-corrected chi connectivity index (χ2v) is 6.39. The second kappa shape index (κ2) is 4.34. The molecule has 3 heteroatoms. The molecule has 0 spiro atoms. The van der Waals surface area contributed by atoms with Gasteiger partial charge in [-0.15, -0.1) is 0 Å². The second-order valence-electron chi connectivity index (χ2n) is 6.39. The van der Waals surface area contributed by atoms with E-state index in [1.807, 2.05) is 18.2 Å². The molecule has 1 aliphatic heterocycles. The van der Waals surface area contributed by atoms with Crippen LogP contribution in [0.15, 0.2) is 30.3 Å². The van der Waals surface area contributed by atoms with E-state index in [-0.39, 0.29) is 23.5 Å². The van der Waals surface area contributed by atoms with Gasteiger partial charge in [0.15, 0.2) is 0 Å². The molecule has 2 fully saturated rings. The lowest BCUT2D eigenvalue weighted by atomic mass is 10.1. The van der Waals surface area contributed by atoms with Gasteiger partial charge in [0.05, 0.1) is 6.04 Å². The maximum atomic E-state index is 12.6. The van der Waals surface area contributed by atoms with Gasteiger partial charge in [0.25, 0.3) is 0 Å². The molecule has 1 aliphatic carbocycles. The molecule has 3 atom stereocenters. The van der Waals surface area contributed by atoms with Crippen molar-refractivity contribution in [1.29, 1.82) is 0 Å². The average Bonchev–Trinajstić information content (AvgIpc) is 2.89. The van der Waals surface area contributed by atoms with Crippen molar-refractivity contribution in [3.05, 3.63) is 35.9 Å². The summed E-state index contributed by atoms with van der Waals surface area (Å²) in [5.74, 6) is 0.270. The lowest BCUT2D eigenvalue weighted by Gasteiger charge is -2.26. The van der Waals surface area contributed by atoms with Crippen molar-refractivity contribution in [2.45, 2.75) is 51.9 Å². The highest BCUT2D eigenvalue weighted by Gasteiger charge is 2.56. The number of rotatable bonds is 3. The summed E-state index contributed by atoms with van der Waals surface area (Å²) in [5, 5.41) is 3.49. The van der Waals surface area contributed by atoms with Crippen LogP contribution in [-0.2, 0) is 4.79 Å². The smallest absolute Gasteiger partial charge is 0.241 e. The van der Waals surface area contributed by atoms with Gasteiger partial charge in [0.1, 0.15) is 6.17 Å². The van der Waals surface area contributed by atoms with Gasteiger partial charge in [0, 0.05) is 6.04 Å². The molecular formula is C16H22N2O. The summed E-state index contributed by atoms with van der Waals surface area (Å²) < 4.78 is 0. The van der Waals surface area contributed by atoms with Crippen LogP contribution in [0.25, 0.3) is 0 Å². The van der Waals surface area contributed by atoms with E-state index in [2.05, 4.69) is 43.1 Å². The molecule has 0 bridgehead atoms. The molecule has 2 aliphatic rings. The van der Waals surface area contributed by atoms with Gasteiger partial charge in [0.2, 0.25) is 5.91 Å². The highest BCUT2D eigenvalue weighted by molar-refractivity contribution is 5.85. The Labute approximate surface area is 115 Å². The minimum absolute atomic E-state index is 0.0263. The molecule has 1 N–H and O–H groups in total. The number of amides is 1. The first-order chi connectivity index (χ1) is 9.04. The Bertz CT molecular complexity index is 483. The fourth-order valence-electron chi connectivity index (χ4n) is 3.08. The molecule has 1 aromatic carbocycles. The van der Waals surface area contributed by atoms with Gasteiger partial charge in [-0.2, -0.15) is 0 Å². The number of carbonyl (C=O) groups is 1. The fourth-order valence-corrected chi connectivity index (χ4v) is 3.08. The van der Waals surface area contributed by atoms with E-state index in [1.165, 1.54) is 5.56 Å². The van der Waals surface area contributed by atoms with Gasteiger partial charge in [-0.25, -0.2) is 0 Å². The minimum Gasteiger partial charge on any atom is -0.318 e. The quantitative estimate of drug-likeness (QED) is 0.904. The highest BCUT2D eigenvalue weighted by Crippen LogP contribution is 2.52. The third-order valence-electron chi connectivity index (χ3n) is 4.51. The van der Waals surface area contributed by atoms with E-state index in [4.69, 9.17) is 0 Å². The number of nitrogens with one attached hydrogen (secondary N) is 1. The van der Waals surface area contributed by atoms with Crippen molar-refractivity contribution >= 4 is 5.91 Å². The van der Waals surface area contributed by atoms with Gasteiger partial charge in [-0.05, 0) is 23.8 Å². The number of hydrogen-bond donors (Lipinski definition) is 1. The molecule has 3 unspecified atom stereocenters. The van der Waals surface area contributed by atoms with Gasteiger partial charge in [-0.3, -0.25) is 10.1 Å². The Morgan fingerprint density at radius 1 is 1.32 bits per heavy atom. The topological polar surface area (TPSA) is 32.3 Å². The Kier molecular flexibility index (Phi) is 2.90. The molecule has 1 saturated carbocycles. The fraction of sp³-hybridized carbons (Fsp3) is 0.562. The molecule has 1 aromatic rings. The van der Waals surface area contributed by atoms with Gasteiger partial charge < -0.3 is 4.90 Å². The van der Waals surface area contributed by atoms with Crippen molar-refractivity contribution < 1.29 is 4.79 Å². The van der Waals surface area contributed by atoms with Crippen LogP contribution in [0, 0.1) is 5.41 Å². The normalized spacial score (nSPS) is 32.7.